The van der Waals surface area contributed by atoms with Crippen LogP contribution in [0.3, 0.4) is 0 Å². The molecular weight excluding hydrogens is 513 g/mol. The van der Waals surface area contributed by atoms with E-state index in [1.54, 1.807) is 24.3 Å². The minimum atomic E-state index is -4.95. The number of benzene rings is 3. The maximum Gasteiger partial charge on any atom is 0.435 e. The number of fused-ring (bicyclic) bond motifs is 1. The number of rotatable bonds is 5. The van der Waals surface area contributed by atoms with E-state index in [0.29, 0.717) is 16.3 Å². The van der Waals surface area contributed by atoms with Crippen LogP contribution < -0.4 is 5.32 Å². The van der Waals surface area contributed by atoms with Gasteiger partial charge in [-0.15, -0.1) is 5.16 Å². The van der Waals surface area contributed by atoms with Crippen molar-refractivity contribution >= 4 is 51.8 Å². The first-order chi connectivity index (χ1) is 16.6. The van der Waals surface area contributed by atoms with Crippen molar-refractivity contribution in [2.24, 2.45) is 10.3 Å². The summed E-state index contributed by atoms with van der Waals surface area (Å²) in [5.41, 5.74) is -2.89. The molecule has 1 heterocycles. The van der Waals surface area contributed by atoms with Crippen molar-refractivity contribution in [1.82, 2.24) is 5.32 Å². The molecule has 3 aromatic carbocycles. The van der Waals surface area contributed by atoms with Gasteiger partial charge in [0.25, 0.3) is 11.5 Å². The van der Waals surface area contributed by atoms with Crippen LogP contribution in [0.25, 0.3) is 10.8 Å². The van der Waals surface area contributed by atoms with Gasteiger partial charge in [0, 0.05) is 23.1 Å². The molecule has 182 valence electrons. The van der Waals surface area contributed by atoms with Gasteiger partial charge in [-0.2, -0.15) is 13.2 Å². The third-order valence-electron chi connectivity index (χ3n) is 5.55. The molecule has 12 heteroatoms. The Morgan fingerprint density at radius 3 is 2.46 bits per heavy atom. The lowest BCUT2D eigenvalue weighted by atomic mass is 9.85. The van der Waals surface area contributed by atoms with Crippen molar-refractivity contribution < 1.29 is 32.4 Å². The first kappa shape index (κ1) is 24.7. The Hall–Kier alpha value is -3.37. The molecule has 35 heavy (non-hydrogen) atoms. The molecule has 2 N–H and O–H groups in total. The molecule has 0 saturated heterocycles. The van der Waals surface area contributed by atoms with Crippen LogP contribution in [0.1, 0.15) is 27.9 Å². The first-order valence-electron chi connectivity index (χ1n) is 10.0. The second kappa shape index (κ2) is 9.35. The van der Waals surface area contributed by atoms with Gasteiger partial charge in [0.1, 0.15) is 0 Å². The second-order valence-corrected chi connectivity index (χ2v) is 8.41. The van der Waals surface area contributed by atoms with E-state index in [-0.39, 0.29) is 17.8 Å². The predicted molar refractivity (Wildman–Crippen MR) is 123 cm³/mol. The van der Waals surface area contributed by atoms with E-state index in [0.717, 1.165) is 18.3 Å². The van der Waals surface area contributed by atoms with Crippen molar-refractivity contribution in [1.29, 1.82) is 0 Å². The lowest BCUT2D eigenvalue weighted by Crippen LogP contribution is -2.42. The normalized spacial score (nSPS) is 18.1. The molecule has 4 rings (SSSR count). The number of nitrogens with one attached hydrogen (secondary N) is 1. The van der Waals surface area contributed by atoms with Crippen LogP contribution in [0.5, 0.6) is 0 Å². The Morgan fingerprint density at radius 2 is 1.83 bits per heavy atom. The van der Waals surface area contributed by atoms with Crippen LogP contribution in [-0.4, -0.2) is 35.8 Å². The summed E-state index contributed by atoms with van der Waals surface area (Å²) in [6.07, 6.45) is -4.60. The van der Waals surface area contributed by atoms with Crippen molar-refractivity contribution in [2.75, 3.05) is 6.54 Å². The summed E-state index contributed by atoms with van der Waals surface area (Å²) in [5.74, 6) is -1.52. The standard InChI is InChI=1S/C23H15Cl2F4N3O3/c24-17-9-12(10-18(25)20(17)26)22(23(27,28)29)11-19(32-35-22)15-5-6-16(21(33)30-7-8-31-34)14-4-2-1-3-13(14)15/h1-6,8-10,34H,7,11H2,(H,30,33). The molecule has 0 aromatic heterocycles. The van der Waals surface area contributed by atoms with Gasteiger partial charge in [0.05, 0.1) is 28.5 Å². The van der Waals surface area contributed by atoms with E-state index < -0.39 is 45.5 Å². The Labute approximate surface area is 205 Å². The molecule has 1 aliphatic rings. The third kappa shape index (κ3) is 4.39. The van der Waals surface area contributed by atoms with Gasteiger partial charge in [0.2, 0.25) is 0 Å². The van der Waals surface area contributed by atoms with Crippen LogP contribution in [0, 0.1) is 5.82 Å². The van der Waals surface area contributed by atoms with Crippen LogP contribution in [0.4, 0.5) is 17.6 Å². The van der Waals surface area contributed by atoms with Gasteiger partial charge < -0.3 is 15.4 Å². The fraction of sp³-hybridized carbons (Fsp3) is 0.174. The number of nitrogens with zero attached hydrogens (tertiary/aromatic N) is 2. The highest BCUT2D eigenvalue weighted by Gasteiger charge is 2.62. The highest BCUT2D eigenvalue weighted by Crippen LogP contribution is 2.50. The Bertz CT molecular complexity index is 1350. The Morgan fingerprint density at radius 1 is 1.17 bits per heavy atom. The van der Waals surface area contributed by atoms with E-state index in [2.05, 4.69) is 15.6 Å². The molecule has 3 aromatic rings. The van der Waals surface area contributed by atoms with Crippen molar-refractivity contribution in [3.8, 4) is 0 Å². The van der Waals surface area contributed by atoms with Gasteiger partial charge in [-0.3, -0.25) is 4.79 Å². The maximum absolute atomic E-state index is 14.3. The predicted octanol–water partition coefficient (Wildman–Crippen LogP) is 6.06. The number of carbonyl (C=O) groups is 1. The smallest absolute Gasteiger partial charge is 0.411 e. The van der Waals surface area contributed by atoms with Crippen molar-refractivity contribution in [3.05, 3.63) is 81.1 Å². The van der Waals surface area contributed by atoms with Crippen LogP contribution in [0.15, 0.2) is 58.8 Å². The monoisotopic (exact) mass is 527 g/mol. The molecule has 0 saturated carbocycles. The molecule has 0 radical (unpaired) electrons. The minimum absolute atomic E-state index is 0.0249. The zero-order chi connectivity index (χ0) is 25.4. The van der Waals surface area contributed by atoms with Gasteiger partial charge >= 0.3 is 6.18 Å². The largest absolute Gasteiger partial charge is 0.435 e. The minimum Gasteiger partial charge on any atom is -0.411 e. The zero-order valence-electron chi connectivity index (χ0n) is 17.5. The van der Waals surface area contributed by atoms with Gasteiger partial charge in [-0.1, -0.05) is 58.7 Å². The summed E-state index contributed by atoms with van der Waals surface area (Å²) in [6.45, 7) is -0.0249. The first-order valence-corrected chi connectivity index (χ1v) is 10.8. The SMILES string of the molecule is O=C(NCC=NO)c1ccc(C2=NOC(c3cc(Cl)c(F)c(Cl)c3)(C(F)(F)F)C2)c2ccccc12. The number of amides is 1. The summed E-state index contributed by atoms with van der Waals surface area (Å²) in [4.78, 5) is 17.6. The molecule has 0 fully saturated rings. The van der Waals surface area contributed by atoms with E-state index in [1.165, 1.54) is 12.1 Å². The molecule has 0 aliphatic carbocycles. The highest BCUT2D eigenvalue weighted by molar-refractivity contribution is 6.35. The Balaban J connectivity index is 1.77. The van der Waals surface area contributed by atoms with Crippen LogP contribution in [0.2, 0.25) is 10.0 Å². The van der Waals surface area contributed by atoms with Crippen LogP contribution >= 0.6 is 23.2 Å². The quantitative estimate of drug-likeness (QED) is 0.139. The lowest BCUT2D eigenvalue weighted by Gasteiger charge is -2.29. The maximum atomic E-state index is 14.3. The number of carbonyl (C=O) groups excluding carboxylic acids is 1. The summed E-state index contributed by atoms with van der Waals surface area (Å²) in [7, 11) is 0. The van der Waals surface area contributed by atoms with E-state index >= 15 is 0 Å². The van der Waals surface area contributed by atoms with Gasteiger partial charge in [-0.25, -0.2) is 4.39 Å². The number of hydrogen-bond acceptors (Lipinski definition) is 5. The number of alkyl halides is 3. The summed E-state index contributed by atoms with van der Waals surface area (Å²) < 4.78 is 56.8. The highest BCUT2D eigenvalue weighted by atomic mass is 35.5. The van der Waals surface area contributed by atoms with Crippen LogP contribution in [-0.2, 0) is 10.4 Å². The Kier molecular flexibility index (Phi) is 6.61. The van der Waals surface area contributed by atoms with Crippen molar-refractivity contribution in [3.63, 3.8) is 0 Å². The fourth-order valence-corrected chi connectivity index (χ4v) is 4.35. The zero-order valence-corrected chi connectivity index (χ0v) is 19.0. The van der Waals surface area contributed by atoms with Gasteiger partial charge in [0.15, 0.2) is 5.82 Å². The van der Waals surface area contributed by atoms with E-state index in [4.69, 9.17) is 33.2 Å². The summed E-state index contributed by atoms with van der Waals surface area (Å²) in [5, 5.41) is 17.3. The number of halogens is 6. The molecule has 1 atom stereocenters. The van der Waals surface area contributed by atoms with E-state index in [1.807, 2.05) is 0 Å². The number of oxime groups is 2. The van der Waals surface area contributed by atoms with E-state index in [9.17, 15) is 22.4 Å². The average Bonchev–Trinajstić information content (AvgIpc) is 3.28. The molecular formula is C23H15Cl2F4N3O3. The topological polar surface area (TPSA) is 83.3 Å². The molecule has 0 spiro atoms. The molecule has 6 nitrogen and oxygen atoms in total. The van der Waals surface area contributed by atoms with Gasteiger partial charge in [-0.05, 0) is 29.0 Å². The third-order valence-corrected chi connectivity index (χ3v) is 6.10. The number of hydrogen-bond donors (Lipinski definition) is 2. The molecule has 1 amide bonds. The molecule has 1 unspecified atom stereocenters. The molecule has 1 aliphatic heterocycles. The van der Waals surface area contributed by atoms with Crippen molar-refractivity contribution in [2.45, 2.75) is 18.2 Å². The lowest BCUT2D eigenvalue weighted by molar-refractivity contribution is -0.275. The summed E-state index contributed by atoms with van der Waals surface area (Å²) in [6, 6.07) is 11.2. The molecule has 0 bridgehead atoms. The second-order valence-electron chi connectivity index (χ2n) is 7.60. The average molecular weight is 528 g/mol. The fourth-order valence-electron chi connectivity index (χ4n) is 3.86. The summed E-state index contributed by atoms with van der Waals surface area (Å²) >= 11 is 11.5.